The van der Waals surface area contributed by atoms with Crippen LogP contribution in [0.1, 0.15) is 31.1 Å². The van der Waals surface area contributed by atoms with Gasteiger partial charge in [-0.05, 0) is 25.8 Å². The van der Waals surface area contributed by atoms with Crippen LogP contribution in [0, 0.1) is 6.92 Å². The summed E-state index contributed by atoms with van der Waals surface area (Å²) < 4.78 is 4.85. The van der Waals surface area contributed by atoms with E-state index in [1.54, 1.807) is 6.92 Å². The second kappa shape index (κ2) is 5.86. The van der Waals surface area contributed by atoms with Crippen LogP contribution in [0.3, 0.4) is 0 Å². The Morgan fingerprint density at radius 1 is 1.30 bits per heavy atom. The first-order valence-electron chi connectivity index (χ1n) is 6.59. The number of aryl methyl sites for hydroxylation is 1. The molecule has 1 amide bonds. The lowest BCUT2D eigenvalue weighted by Gasteiger charge is -2.26. The molecule has 1 N–H and O–H groups in total. The lowest BCUT2D eigenvalue weighted by Crippen LogP contribution is -2.45. The quantitative estimate of drug-likeness (QED) is 0.905. The smallest absolute Gasteiger partial charge is 0.228 e. The molecule has 0 atom stereocenters. The zero-order valence-electron chi connectivity index (χ0n) is 12.0. The molecule has 0 aliphatic rings. The van der Waals surface area contributed by atoms with E-state index in [4.69, 9.17) is 4.52 Å². The Morgan fingerprint density at radius 3 is 2.60 bits per heavy atom. The molecular formula is C15H19N3O2. The van der Waals surface area contributed by atoms with E-state index in [1.807, 2.05) is 32.0 Å². The minimum absolute atomic E-state index is 0.105. The monoisotopic (exact) mass is 273 g/mol. The third-order valence-electron chi connectivity index (χ3n) is 2.86. The Balaban J connectivity index is 1.92. The number of amides is 1. The molecule has 0 spiro atoms. The molecule has 0 aliphatic heterocycles. The fraction of sp³-hybridized carbons (Fsp3) is 0.400. The Kier molecular flexibility index (Phi) is 4.17. The van der Waals surface area contributed by atoms with Gasteiger partial charge >= 0.3 is 0 Å². The predicted octanol–water partition coefficient (Wildman–Crippen LogP) is 2.06. The molecule has 5 nitrogen and oxygen atoms in total. The van der Waals surface area contributed by atoms with Gasteiger partial charge in [-0.1, -0.05) is 35.5 Å². The van der Waals surface area contributed by atoms with Crippen molar-refractivity contribution >= 4 is 5.91 Å². The Hall–Kier alpha value is -2.17. The molecule has 0 aliphatic carbocycles. The number of carbonyl (C=O) groups excluding carboxylic acids is 1. The molecule has 2 aromatic rings. The lowest BCUT2D eigenvalue weighted by molar-refractivity contribution is -0.122. The van der Waals surface area contributed by atoms with Crippen LogP contribution in [0.2, 0.25) is 0 Å². The Bertz CT molecular complexity index is 576. The fourth-order valence-electron chi connectivity index (χ4n) is 2.13. The second-order valence-electron chi connectivity index (χ2n) is 5.50. The zero-order chi connectivity index (χ0) is 14.6. The lowest BCUT2D eigenvalue weighted by atomic mass is 9.95. The van der Waals surface area contributed by atoms with E-state index in [0.717, 1.165) is 6.42 Å². The van der Waals surface area contributed by atoms with Crippen molar-refractivity contribution < 1.29 is 9.32 Å². The van der Waals surface area contributed by atoms with Gasteiger partial charge in [0.25, 0.3) is 0 Å². The van der Waals surface area contributed by atoms with Gasteiger partial charge in [-0.3, -0.25) is 4.79 Å². The van der Waals surface area contributed by atoms with Crippen LogP contribution in [0.5, 0.6) is 0 Å². The van der Waals surface area contributed by atoms with E-state index < -0.39 is 0 Å². The van der Waals surface area contributed by atoms with Gasteiger partial charge in [-0.15, -0.1) is 0 Å². The maximum atomic E-state index is 12.0. The first-order chi connectivity index (χ1) is 9.44. The molecule has 2 rings (SSSR count). The van der Waals surface area contributed by atoms with Crippen LogP contribution in [-0.2, 0) is 17.6 Å². The van der Waals surface area contributed by atoms with Gasteiger partial charge in [0.15, 0.2) is 5.82 Å². The number of nitrogens with zero attached hydrogens (tertiary/aromatic N) is 2. The number of hydrogen-bond acceptors (Lipinski definition) is 4. The van der Waals surface area contributed by atoms with Crippen LogP contribution in [-0.4, -0.2) is 21.6 Å². The van der Waals surface area contributed by atoms with Crippen LogP contribution >= 0.6 is 0 Å². The third kappa shape index (κ3) is 4.19. The molecule has 0 saturated carbocycles. The highest BCUT2D eigenvalue weighted by Gasteiger charge is 2.21. The van der Waals surface area contributed by atoms with Crippen molar-refractivity contribution in [1.29, 1.82) is 0 Å². The topological polar surface area (TPSA) is 68.0 Å². The van der Waals surface area contributed by atoms with Crippen LogP contribution in [0.4, 0.5) is 0 Å². The number of nitrogens with one attached hydrogen (secondary N) is 1. The van der Waals surface area contributed by atoms with Crippen LogP contribution in [0.25, 0.3) is 0 Å². The van der Waals surface area contributed by atoms with Gasteiger partial charge in [0.1, 0.15) is 0 Å². The van der Waals surface area contributed by atoms with Gasteiger partial charge < -0.3 is 9.84 Å². The highest BCUT2D eigenvalue weighted by Crippen LogP contribution is 2.12. The SMILES string of the molecule is Cc1nc(CC(=O)NC(C)(C)Cc2ccccc2)no1. The minimum atomic E-state index is -0.322. The molecular weight excluding hydrogens is 254 g/mol. The van der Waals surface area contributed by atoms with E-state index in [1.165, 1.54) is 5.56 Å². The van der Waals surface area contributed by atoms with Crippen molar-refractivity contribution in [2.75, 3.05) is 0 Å². The van der Waals surface area contributed by atoms with Gasteiger partial charge in [-0.2, -0.15) is 4.98 Å². The maximum absolute atomic E-state index is 12.0. The number of rotatable bonds is 5. The summed E-state index contributed by atoms with van der Waals surface area (Å²) in [5, 5.41) is 6.72. The summed E-state index contributed by atoms with van der Waals surface area (Å²) in [6, 6.07) is 10.1. The maximum Gasteiger partial charge on any atom is 0.228 e. The molecule has 0 bridgehead atoms. The summed E-state index contributed by atoms with van der Waals surface area (Å²) in [4.78, 5) is 16.0. The molecule has 5 heteroatoms. The largest absolute Gasteiger partial charge is 0.351 e. The first kappa shape index (κ1) is 14.2. The van der Waals surface area contributed by atoms with E-state index in [-0.39, 0.29) is 17.9 Å². The molecule has 0 fully saturated rings. The Labute approximate surface area is 118 Å². The van der Waals surface area contributed by atoms with Crippen LogP contribution < -0.4 is 5.32 Å². The van der Waals surface area contributed by atoms with Crippen molar-refractivity contribution in [3.05, 3.63) is 47.6 Å². The summed E-state index contributed by atoms with van der Waals surface area (Å²) in [6.07, 6.45) is 0.903. The molecule has 0 radical (unpaired) electrons. The van der Waals surface area contributed by atoms with Crippen molar-refractivity contribution in [2.24, 2.45) is 0 Å². The van der Waals surface area contributed by atoms with E-state index in [2.05, 4.69) is 27.6 Å². The standard InChI is InChI=1S/C15H19N3O2/c1-11-16-13(18-20-11)9-14(19)17-15(2,3)10-12-7-5-4-6-8-12/h4-8H,9-10H2,1-3H3,(H,17,19). The fourth-order valence-corrected chi connectivity index (χ4v) is 2.13. The summed E-state index contributed by atoms with van der Waals surface area (Å²) >= 11 is 0. The van der Waals surface area contributed by atoms with Crippen molar-refractivity contribution in [1.82, 2.24) is 15.5 Å². The van der Waals surface area contributed by atoms with Crippen molar-refractivity contribution in [3.8, 4) is 0 Å². The highest BCUT2D eigenvalue weighted by atomic mass is 16.5. The predicted molar refractivity (Wildman–Crippen MR) is 75.1 cm³/mol. The van der Waals surface area contributed by atoms with Gasteiger partial charge in [0.05, 0.1) is 6.42 Å². The van der Waals surface area contributed by atoms with Crippen LogP contribution in [0.15, 0.2) is 34.9 Å². The summed E-state index contributed by atoms with van der Waals surface area (Å²) in [7, 11) is 0. The second-order valence-corrected chi connectivity index (χ2v) is 5.50. The molecule has 106 valence electrons. The van der Waals surface area contributed by atoms with Gasteiger partial charge in [0.2, 0.25) is 11.8 Å². The first-order valence-corrected chi connectivity index (χ1v) is 6.59. The molecule has 1 heterocycles. The van der Waals surface area contributed by atoms with Crippen molar-refractivity contribution in [3.63, 3.8) is 0 Å². The number of aromatic nitrogens is 2. The van der Waals surface area contributed by atoms with Crippen molar-refractivity contribution in [2.45, 2.75) is 39.2 Å². The average molecular weight is 273 g/mol. The summed E-state index contributed by atoms with van der Waals surface area (Å²) in [5.41, 5.74) is 0.866. The highest BCUT2D eigenvalue weighted by molar-refractivity contribution is 5.78. The Morgan fingerprint density at radius 2 is 2.00 bits per heavy atom. The normalized spacial score (nSPS) is 11.3. The molecule has 0 saturated heterocycles. The van der Waals surface area contributed by atoms with E-state index >= 15 is 0 Å². The van der Waals surface area contributed by atoms with Gasteiger partial charge in [0, 0.05) is 12.5 Å². The number of hydrogen-bond donors (Lipinski definition) is 1. The van der Waals surface area contributed by atoms with E-state index in [9.17, 15) is 4.79 Å². The molecule has 20 heavy (non-hydrogen) atoms. The van der Waals surface area contributed by atoms with E-state index in [0.29, 0.717) is 11.7 Å². The van der Waals surface area contributed by atoms with Gasteiger partial charge in [-0.25, -0.2) is 0 Å². The molecule has 0 unspecified atom stereocenters. The molecule has 1 aromatic heterocycles. The summed E-state index contributed by atoms with van der Waals surface area (Å²) in [5.74, 6) is 0.776. The third-order valence-corrected chi connectivity index (χ3v) is 2.86. The average Bonchev–Trinajstić information content (AvgIpc) is 2.74. The minimum Gasteiger partial charge on any atom is -0.351 e. The number of carbonyl (C=O) groups is 1. The summed E-state index contributed by atoms with van der Waals surface area (Å²) in [6.45, 7) is 5.70. The zero-order valence-corrected chi connectivity index (χ0v) is 12.0. The molecule has 1 aromatic carbocycles. The number of benzene rings is 1.